The molecule has 0 aliphatic carbocycles. The largest absolute Gasteiger partial charge is 0.495 e. The van der Waals surface area contributed by atoms with E-state index in [2.05, 4.69) is 47.5 Å². The predicted octanol–water partition coefficient (Wildman–Crippen LogP) is 5.12. The Kier molecular flexibility index (Phi) is 6.53. The molecule has 0 unspecified atom stereocenters. The van der Waals surface area contributed by atoms with E-state index in [9.17, 15) is 4.79 Å². The summed E-state index contributed by atoms with van der Waals surface area (Å²) in [6.07, 6.45) is 2.01. The first-order valence-electron chi connectivity index (χ1n) is 10.3. The number of amidine groups is 1. The van der Waals surface area contributed by atoms with Gasteiger partial charge in [0.15, 0.2) is 0 Å². The molecule has 0 radical (unpaired) electrons. The molecule has 0 fully saturated rings. The Balaban J connectivity index is 1.72. The number of carbonyl (C=O) groups is 1. The lowest BCUT2D eigenvalue weighted by Crippen LogP contribution is -2.37. The Bertz CT molecular complexity index is 1070. The Morgan fingerprint density at radius 2 is 2.13 bits per heavy atom. The maximum absolute atomic E-state index is 11.4. The molecule has 2 heterocycles. The number of ether oxygens (including phenoxy) is 1. The molecule has 2 aromatic carbocycles. The van der Waals surface area contributed by atoms with Gasteiger partial charge in [0, 0.05) is 29.6 Å². The molecule has 0 aromatic heterocycles. The molecule has 4 rings (SSSR count). The van der Waals surface area contributed by atoms with Crippen molar-refractivity contribution in [2.75, 3.05) is 24.3 Å². The van der Waals surface area contributed by atoms with Crippen LogP contribution in [-0.2, 0) is 6.42 Å². The first-order valence-corrected chi connectivity index (χ1v) is 11.6. The third kappa shape index (κ3) is 4.72. The summed E-state index contributed by atoms with van der Waals surface area (Å²) in [6.45, 7) is 5.03. The molecule has 0 bridgehead atoms. The van der Waals surface area contributed by atoms with Crippen LogP contribution in [-0.4, -0.2) is 42.2 Å². The van der Waals surface area contributed by atoms with Gasteiger partial charge in [0.1, 0.15) is 11.6 Å². The molecule has 0 saturated carbocycles. The highest BCUT2D eigenvalue weighted by molar-refractivity contribution is 8.14. The van der Waals surface area contributed by atoms with Crippen LogP contribution in [0, 0.1) is 0 Å². The number of halogens is 1. The van der Waals surface area contributed by atoms with Gasteiger partial charge in [-0.05, 0) is 68.1 Å². The zero-order valence-electron chi connectivity index (χ0n) is 17.8. The fourth-order valence-electron chi connectivity index (χ4n) is 3.81. The fraction of sp³-hybridized carbons (Fsp3) is 0.348. The van der Waals surface area contributed by atoms with Crippen molar-refractivity contribution in [3.63, 3.8) is 0 Å². The molecule has 0 spiro atoms. The smallest absolute Gasteiger partial charge is 0.299 e. The van der Waals surface area contributed by atoms with Gasteiger partial charge >= 0.3 is 0 Å². The van der Waals surface area contributed by atoms with Crippen LogP contribution < -0.4 is 15.1 Å². The molecule has 2 aromatic rings. The van der Waals surface area contributed by atoms with Crippen molar-refractivity contribution in [2.24, 2.45) is 10.1 Å². The third-order valence-corrected chi connectivity index (χ3v) is 6.27. The first kappa shape index (κ1) is 21.7. The summed E-state index contributed by atoms with van der Waals surface area (Å²) >= 11 is 7.66. The Morgan fingerprint density at radius 3 is 2.81 bits per heavy atom. The van der Waals surface area contributed by atoms with Gasteiger partial charge < -0.3 is 9.64 Å². The molecule has 2 aliphatic rings. The summed E-state index contributed by atoms with van der Waals surface area (Å²) in [5, 5.41) is 4.69. The van der Waals surface area contributed by atoms with Gasteiger partial charge in [-0.1, -0.05) is 29.4 Å². The molecule has 162 valence electrons. The highest BCUT2D eigenvalue weighted by Gasteiger charge is 2.24. The lowest BCUT2D eigenvalue weighted by atomic mass is 9.97. The maximum Gasteiger partial charge on any atom is 0.299 e. The second-order valence-electron chi connectivity index (χ2n) is 7.74. The highest BCUT2D eigenvalue weighted by atomic mass is 35.5. The van der Waals surface area contributed by atoms with Crippen LogP contribution in [0.25, 0.3) is 0 Å². The average molecular weight is 457 g/mol. The minimum Gasteiger partial charge on any atom is -0.495 e. The standard InChI is InChI=1S/C23H25ClN4O2S/c1-14(2)25-22(17-7-9-21(30-3)18(24)12-17)28-10-4-5-16-11-15(6-8-20(16)28)19-13-31-23(29)27-26-19/h6-9,11-12,14H,4-5,10,13H2,1-3H3,(H,27,29)/b25-22-. The second-order valence-corrected chi connectivity index (χ2v) is 9.10. The summed E-state index contributed by atoms with van der Waals surface area (Å²) in [4.78, 5) is 18.6. The van der Waals surface area contributed by atoms with Gasteiger partial charge in [0.25, 0.3) is 5.24 Å². The van der Waals surface area contributed by atoms with Crippen molar-refractivity contribution in [2.45, 2.75) is 32.7 Å². The van der Waals surface area contributed by atoms with Crippen molar-refractivity contribution in [3.8, 4) is 5.75 Å². The Hall–Kier alpha value is -2.51. The van der Waals surface area contributed by atoms with Gasteiger partial charge in [-0.2, -0.15) is 5.10 Å². The first-order chi connectivity index (χ1) is 15.0. The number of hydrazone groups is 1. The zero-order chi connectivity index (χ0) is 22.0. The van der Waals surface area contributed by atoms with E-state index in [1.54, 1.807) is 7.11 Å². The number of aliphatic imine (C=N–C) groups is 1. The van der Waals surface area contributed by atoms with Crippen LogP contribution in [0.2, 0.25) is 5.02 Å². The number of nitrogens with zero attached hydrogens (tertiary/aromatic N) is 3. The number of nitrogens with one attached hydrogen (secondary N) is 1. The Labute approximate surface area is 191 Å². The molecule has 6 nitrogen and oxygen atoms in total. The van der Waals surface area contributed by atoms with E-state index < -0.39 is 0 Å². The van der Waals surface area contributed by atoms with Crippen LogP contribution >= 0.6 is 23.4 Å². The van der Waals surface area contributed by atoms with Crippen molar-refractivity contribution in [1.82, 2.24) is 5.43 Å². The fourth-order valence-corrected chi connectivity index (χ4v) is 4.67. The van der Waals surface area contributed by atoms with E-state index in [0.29, 0.717) is 16.5 Å². The number of aryl methyl sites for hydroxylation is 1. The molecular weight excluding hydrogens is 432 g/mol. The monoisotopic (exact) mass is 456 g/mol. The van der Waals surface area contributed by atoms with Gasteiger partial charge in [-0.3, -0.25) is 9.79 Å². The SMILES string of the molecule is COc1ccc(/C(=N/C(C)C)N2CCCc3cc(C4=NNC(=O)SC4)ccc32)cc1Cl. The summed E-state index contributed by atoms with van der Waals surface area (Å²) < 4.78 is 5.32. The van der Waals surface area contributed by atoms with Crippen molar-refractivity contribution >= 4 is 45.8 Å². The van der Waals surface area contributed by atoms with Crippen molar-refractivity contribution in [3.05, 3.63) is 58.1 Å². The third-order valence-electron chi connectivity index (χ3n) is 5.20. The summed E-state index contributed by atoms with van der Waals surface area (Å²) in [5.74, 6) is 2.14. The lowest BCUT2D eigenvalue weighted by molar-refractivity contribution is 0.261. The Morgan fingerprint density at radius 1 is 1.29 bits per heavy atom. The van der Waals surface area contributed by atoms with Gasteiger partial charge in [0.2, 0.25) is 0 Å². The van der Waals surface area contributed by atoms with E-state index in [1.165, 1.54) is 17.3 Å². The predicted molar refractivity (Wildman–Crippen MR) is 129 cm³/mol. The number of benzene rings is 2. The number of amides is 1. The van der Waals surface area contributed by atoms with Crippen LogP contribution in [0.15, 0.2) is 46.5 Å². The van der Waals surface area contributed by atoms with E-state index in [4.69, 9.17) is 21.3 Å². The molecule has 2 aliphatic heterocycles. The second kappa shape index (κ2) is 9.32. The number of thioether (sulfide) groups is 1. The minimum absolute atomic E-state index is 0.111. The number of rotatable bonds is 4. The van der Waals surface area contributed by atoms with Crippen molar-refractivity contribution in [1.29, 1.82) is 0 Å². The van der Waals surface area contributed by atoms with Crippen LogP contribution in [0.5, 0.6) is 5.75 Å². The number of hydrogen-bond acceptors (Lipinski definition) is 5. The maximum atomic E-state index is 11.4. The van der Waals surface area contributed by atoms with Crippen LogP contribution in [0.3, 0.4) is 0 Å². The zero-order valence-corrected chi connectivity index (χ0v) is 19.4. The summed E-state index contributed by atoms with van der Waals surface area (Å²) in [5.41, 5.74) is 7.86. The highest BCUT2D eigenvalue weighted by Crippen LogP contribution is 2.32. The van der Waals surface area contributed by atoms with E-state index in [0.717, 1.165) is 47.7 Å². The van der Waals surface area contributed by atoms with E-state index >= 15 is 0 Å². The minimum atomic E-state index is -0.111. The molecular formula is C23H25ClN4O2S. The quantitative estimate of drug-likeness (QED) is 0.512. The average Bonchev–Trinajstić information content (AvgIpc) is 2.77. The molecule has 0 saturated heterocycles. The van der Waals surface area contributed by atoms with Crippen LogP contribution in [0.4, 0.5) is 10.5 Å². The lowest BCUT2D eigenvalue weighted by Gasteiger charge is -2.33. The number of hydrogen-bond donors (Lipinski definition) is 1. The molecule has 1 amide bonds. The van der Waals surface area contributed by atoms with Crippen LogP contribution in [0.1, 0.15) is 37.0 Å². The van der Waals surface area contributed by atoms with Gasteiger partial charge in [-0.15, -0.1) is 0 Å². The molecule has 31 heavy (non-hydrogen) atoms. The molecule has 8 heteroatoms. The number of carbonyl (C=O) groups excluding carboxylic acids is 1. The summed E-state index contributed by atoms with van der Waals surface area (Å²) in [6, 6.07) is 12.3. The van der Waals surface area contributed by atoms with Gasteiger partial charge in [0.05, 0.1) is 17.8 Å². The number of methoxy groups -OCH3 is 1. The number of anilines is 1. The van der Waals surface area contributed by atoms with Crippen molar-refractivity contribution < 1.29 is 9.53 Å². The summed E-state index contributed by atoms with van der Waals surface area (Å²) in [7, 11) is 1.61. The van der Waals surface area contributed by atoms with E-state index in [-0.39, 0.29) is 11.3 Å². The number of fused-ring (bicyclic) bond motifs is 1. The molecule has 0 atom stereocenters. The normalized spacial score (nSPS) is 16.7. The van der Waals surface area contributed by atoms with Gasteiger partial charge in [-0.25, -0.2) is 5.43 Å². The van der Waals surface area contributed by atoms with E-state index in [1.807, 2.05) is 18.2 Å². The topological polar surface area (TPSA) is 66.3 Å². The molecule has 1 N–H and O–H groups in total.